The van der Waals surface area contributed by atoms with Gasteiger partial charge in [-0.1, -0.05) is 91.0 Å². The van der Waals surface area contributed by atoms with Crippen molar-refractivity contribution in [2.45, 2.75) is 18.4 Å². The molecule has 0 saturated heterocycles. The molecular formula is C22H21FO2. The van der Waals surface area contributed by atoms with E-state index in [1.807, 2.05) is 66.7 Å². The molecule has 0 aliphatic carbocycles. The maximum atomic E-state index is 14.5. The lowest BCUT2D eigenvalue weighted by atomic mass is 10.0. The molecule has 0 bridgehead atoms. The third-order valence-electron chi connectivity index (χ3n) is 4.09. The highest BCUT2D eigenvalue weighted by molar-refractivity contribution is 5.30. The quantitative estimate of drug-likeness (QED) is 0.667. The highest BCUT2D eigenvalue weighted by Gasteiger charge is 2.23. The van der Waals surface area contributed by atoms with Crippen molar-refractivity contribution < 1.29 is 14.2 Å². The Morgan fingerprint density at radius 1 is 0.680 bits per heavy atom. The predicted octanol–water partition coefficient (Wildman–Crippen LogP) is 4.86. The molecule has 0 fully saturated rings. The number of ether oxygens (including phenoxy) is 1. The molecule has 0 spiro atoms. The Bertz CT molecular complexity index is 707. The first kappa shape index (κ1) is 17.3. The molecule has 0 amide bonds. The van der Waals surface area contributed by atoms with Crippen LogP contribution in [0.2, 0.25) is 0 Å². The minimum atomic E-state index is -1.48. The van der Waals surface area contributed by atoms with E-state index in [2.05, 4.69) is 0 Å². The Morgan fingerprint density at radius 3 is 1.52 bits per heavy atom. The summed E-state index contributed by atoms with van der Waals surface area (Å²) in [6.45, 7) is -0.0927. The van der Waals surface area contributed by atoms with Crippen molar-refractivity contribution >= 4 is 0 Å². The summed E-state index contributed by atoms with van der Waals surface area (Å²) >= 11 is 0. The summed E-state index contributed by atoms with van der Waals surface area (Å²) in [5, 5.41) is 10.2. The molecule has 3 aromatic carbocycles. The lowest BCUT2D eigenvalue weighted by Gasteiger charge is -2.22. The third kappa shape index (κ3) is 4.53. The van der Waals surface area contributed by atoms with Crippen LogP contribution in [0.5, 0.6) is 0 Å². The van der Waals surface area contributed by atoms with Crippen LogP contribution in [0.3, 0.4) is 0 Å². The fraction of sp³-hybridized carbons (Fsp3) is 0.182. The van der Waals surface area contributed by atoms with Gasteiger partial charge in [-0.05, 0) is 16.7 Å². The first-order valence-electron chi connectivity index (χ1n) is 8.34. The Labute approximate surface area is 147 Å². The van der Waals surface area contributed by atoms with E-state index < -0.39 is 12.3 Å². The van der Waals surface area contributed by atoms with E-state index in [0.717, 1.165) is 11.1 Å². The zero-order chi connectivity index (χ0) is 17.5. The Kier molecular flexibility index (Phi) is 5.94. The largest absolute Gasteiger partial charge is 0.387 e. The molecule has 0 aromatic heterocycles. The Morgan fingerprint density at radius 2 is 1.08 bits per heavy atom. The summed E-state index contributed by atoms with van der Waals surface area (Å²) in [4.78, 5) is 0. The van der Waals surface area contributed by atoms with Crippen molar-refractivity contribution in [3.63, 3.8) is 0 Å². The van der Waals surface area contributed by atoms with Crippen LogP contribution in [0.4, 0.5) is 4.39 Å². The fourth-order valence-corrected chi connectivity index (χ4v) is 2.78. The maximum Gasteiger partial charge on any atom is 0.153 e. The second kappa shape index (κ2) is 8.56. The van der Waals surface area contributed by atoms with Gasteiger partial charge in [-0.2, -0.15) is 0 Å². The number of benzene rings is 3. The van der Waals surface area contributed by atoms with Gasteiger partial charge in [-0.15, -0.1) is 0 Å². The fourth-order valence-electron chi connectivity index (χ4n) is 2.78. The van der Waals surface area contributed by atoms with E-state index >= 15 is 0 Å². The summed E-state index contributed by atoms with van der Waals surface area (Å²) in [5.41, 5.74) is 2.39. The van der Waals surface area contributed by atoms with Gasteiger partial charge in [-0.3, -0.25) is 0 Å². The normalized spacial score (nSPS) is 13.6. The van der Waals surface area contributed by atoms with Crippen LogP contribution in [0.1, 0.15) is 29.0 Å². The molecule has 0 saturated carbocycles. The van der Waals surface area contributed by atoms with Crippen molar-refractivity contribution in [2.24, 2.45) is 0 Å². The van der Waals surface area contributed by atoms with Gasteiger partial charge in [0.1, 0.15) is 12.2 Å². The minimum absolute atomic E-state index is 0.0927. The summed E-state index contributed by atoms with van der Waals surface area (Å²) in [7, 11) is 0. The third-order valence-corrected chi connectivity index (χ3v) is 4.09. The number of halogens is 1. The second-order valence-electron chi connectivity index (χ2n) is 5.91. The predicted molar refractivity (Wildman–Crippen MR) is 97.0 cm³/mol. The van der Waals surface area contributed by atoms with Gasteiger partial charge in [0.05, 0.1) is 6.61 Å². The zero-order valence-electron chi connectivity index (χ0n) is 13.8. The number of hydrogen-bond acceptors (Lipinski definition) is 2. The van der Waals surface area contributed by atoms with E-state index in [0.29, 0.717) is 5.56 Å². The molecule has 25 heavy (non-hydrogen) atoms. The highest BCUT2D eigenvalue weighted by Crippen LogP contribution is 2.28. The van der Waals surface area contributed by atoms with E-state index in [1.54, 1.807) is 24.3 Å². The number of hydrogen-bond donors (Lipinski definition) is 1. The number of rotatable bonds is 7. The van der Waals surface area contributed by atoms with E-state index in [9.17, 15) is 9.50 Å². The van der Waals surface area contributed by atoms with Crippen LogP contribution in [-0.2, 0) is 4.74 Å². The topological polar surface area (TPSA) is 29.5 Å². The van der Waals surface area contributed by atoms with Crippen LogP contribution >= 0.6 is 0 Å². The van der Waals surface area contributed by atoms with Gasteiger partial charge in [0.25, 0.3) is 0 Å². The molecular weight excluding hydrogens is 315 g/mol. The van der Waals surface area contributed by atoms with Gasteiger partial charge in [-0.25, -0.2) is 4.39 Å². The molecule has 3 heteroatoms. The second-order valence-corrected chi connectivity index (χ2v) is 5.91. The molecule has 0 unspecified atom stereocenters. The average molecular weight is 336 g/mol. The van der Waals surface area contributed by atoms with Gasteiger partial charge < -0.3 is 9.84 Å². The summed E-state index contributed by atoms with van der Waals surface area (Å²) < 4.78 is 20.4. The molecule has 0 aliphatic rings. The molecule has 3 aromatic rings. The Hall–Kier alpha value is -2.49. The lowest BCUT2D eigenvalue weighted by molar-refractivity contribution is -0.0289. The molecule has 2 nitrogen and oxygen atoms in total. The SMILES string of the molecule is O[C@@H](COC(c1ccccc1)c1ccccc1)[C@H](F)c1ccccc1. The van der Waals surface area contributed by atoms with Crippen molar-refractivity contribution in [1.29, 1.82) is 0 Å². The standard InChI is InChI=1S/C22H21FO2/c23-21(17-10-4-1-5-11-17)20(24)16-25-22(18-12-6-2-7-13-18)19-14-8-3-9-15-19/h1-15,20-22,24H,16H2/t20-,21+/m0/s1. The monoisotopic (exact) mass is 336 g/mol. The first-order chi connectivity index (χ1) is 12.3. The molecule has 0 radical (unpaired) electrons. The van der Waals surface area contributed by atoms with Gasteiger partial charge >= 0.3 is 0 Å². The number of aliphatic hydroxyl groups is 1. The van der Waals surface area contributed by atoms with Crippen LogP contribution in [0.25, 0.3) is 0 Å². The lowest BCUT2D eigenvalue weighted by Crippen LogP contribution is -2.23. The number of aliphatic hydroxyl groups excluding tert-OH is 1. The number of alkyl halides is 1. The summed E-state index contributed by atoms with van der Waals surface area (Å²) in [6, 6.07) is 28.2. The van der Waals surface area contributed by atoms with Gasteiger partial charge in [0, 0.05) is 0 Å². The molecule has 0 aliphatic heterocycles. The molecule has 0 heterocycles. The van der Waals surface area contributed by atoms with Crippen molar-refractivity contribution in [3.8, 4) is 0 Å². The van der Waals surface area contributed by atoms with Crippen LogP contribution in [-0.4, -0.2) is 17.8 Å². The van der Waals surface area contributed by atoms with Gasteiger partial charge in [0.2, 0.25) is 0 Å². The van der Waals surface area contributed by atoms with Crippen LogP contribution in [0.15, 0.2) is 91.0 Å². The molecule has 128 valence electrons. The van der Waals surface area contributed by atoms with Crippen molar-refractivity contribution in [1.82, 2.24) is 0 Å². The van der Waals surface area contributed by atoms with E-state index in [4.69, 9.17) is 4.74 Å². The molecule has 1 N–H and O–H groups in total. The van der Waals surface area contributed by atoms with Crippen molar-refractivity contribution in [3.05, 3.63) is 108 Å². The zero-order valence-corrected chi connectivity index (χ0v) is 13.8. The smallest absolute Gasteiger partial charge is 0.153 e. The van der Waals surface area contributed by atoms with Gasteiger partial charge in [0.15, 0.2) is 6.17 Å². The highest BCUT2D eigenvalue weighted by atomic mass is 19.1. The first-order valence-corrected chi connectivity index (χ1v) is 8.34. The van der Waals surface area contributed by atoms with E-state index in [1.165, 1.54) is 0 Å². The van der Waals surface area contributed by atoms with Crippen molar-refractivity contribution in [2.75, 3.05) is 6.61 Å². The minimum Gasteiger partial charge on any atom is -0.387 e. The summed E-state index contributed by atoms with van der Waals surface area (Å²) in [5.74, 6) is 0. The van der Waals surface area contributed by atoms with Crippen LogP contribution < -0.4 is 0 Å². The molecule has 2 atom stereocenters. The maximum absolute atomic E-state index is 14.5. The summed E-state index contributed by atoms with van der Waals surface area (Å²) in [6.07, 6.45) is -3.05. The van der Waals surface area contributed by atoms with Crippen LogP contribution in [0, 0.1) is 0 Å². The molecule has 3 rings (SSSR count). The van der Waals surface area contributed by atoms with E-state index in [-0.39, 0.29) is 12.7 Å². The Balaban J connectivity index is 1.73. The average Bonchev–Trinajstić information content (AvgIpc) is 2.70.